The second-order valence-corrected chi connectivity index (χ2v) is 4.93. The lowest BCUT2D eigenvalue weighted by Crippen LogP contribution is -2.41. The van der Waals surface area contributed by atoms with Gasteiger partial charge in [0.25, 0.3) is 5.91 Å². The van der Waals surface area contributed by atoms with Gasteiger partial charge in [-0.1, -0.05) is 6.07 Å². The molecule has 0 aromatic heterocycles. The van der Waals surface area contributed by atoms with E-state index < -0.39 is 6.04 Å². The van der Waals surface area contributed by atoms with E-state index in [0.29, 0.717) is 19.6 Å². The van der Waals surface area contributed by atoms with Gasteiger partial charge in [-0.15, -0.1) is 0 Å². The third kappa shape index (κ3) is 2.76. The highest BCUT2D eigenvalue weighted by molar-refractivity contribution is 5.99. The summed E-state index contributed by atoms with van der Waals surface area (Å²) in [5, 5.41) is 9.89. The predicted octanol–water partition coefficient (Wildman–Crippen LogP) is 1.87. The topological polar surface area (TPSA) is 66.8 Å². The second kappa shape index (κ2) is 5.94. The number of esters is 1. The van der Waals surface area contributed by atoms with Gasteiger partial charge in [-0.2, -0.15) is 0 Å². The van der Waals surface area contributed by atoms with Crippen molar-refractivity contribution in [3.8, 4) is 5.75 Å². The molecule has 1 aliphatic heterocycles. The lowest BCUT2D eigenvalue weighted by molar-refractivity contribution is -0.147. The Bertz CT molecular complexity index is 527. The second-order valence-electron chi connectivity index (χ2n) is 4.93. The highest BCUT2D eigenvalue weighted by Crippen LogP contribution is 2.25. The van der Waals surface area contributed by atoms with Gasteiger partial charge < -0.3 is 14.7 Å². The Balaban J connectivity index is 2.21. The fraction of sp³-hybridized carbons (Fsp3) is 0.467. The summed E-state index contributed by atoms with van der Waals surface area (Å²) in [6.07, 6.45) is 1.37. The minimum absolute atomic E-state index is 0.0514. The maximum Gasteiger partial charge on any atom is 0.328 e. The van der Waals surface area contributed by atoms with Gasteiger partial charge in [0.05, 0.1) is 12.2 Å². The van der Waals surface area contributed by atoms with E-state index >= 15 is 0 Å². The molecule has 1 amide bonds. The minimum atomic E-state index is -0.539. The number of aromatic hydroxyl groups is 1. The van der Waals surface area contributed by atoms with Crippen molar-refractivity contribution in [1.82, 2.24) is 4.90 Å². The van der Waals surface area contributed by atoms with E-state index in [4.69, 9.17) is 4.74 Å². The molecule has 1 aromatic rings. The van der Waals surface area contributed by atoms with Crippen LogP contribution in [-0.2, 0) is 9.53 Å². The molecule has 2 rings (SSSR count). The lowest BCUT2D eigenvalue weighted by Gasteiger charge is -2.23. The minimum Gasteiger partial charge on any atom is -0.507 e. The SMILES string of the molecule is CCOC(=O)C1CCCN1C(=O)c1ccc(C)cc1O. The third-order valence-electron chi connectivity index (χ3n) is 3.46. The zero-order chi connectivity index (χ0) is 14.7. The van der Waals surface area contributed by atoms with Crippen molar-refractivity contribution in [1.29, 1.82) is 0 Å². The summed E-state index contributed by atoms with van der Waals surface area (Å²) in [5.74, 6) is -0.743. The number of benzene rings is 1. The number of amides is 1. The highest BCUT2D eigenvalue weighted by Gasteiger charge is 2.36. The molecule has 1 fully saturated rings. The molecule has 0 radical (unpaired) electrons. The number of carbonyl (C=O) groups is 2. The van der Waals surface area contributed by atoms with Crippen molar-refractivity contribution in [3.05, 3.63) is 29.3 Å². The summed E-state index contributed by atoms with van der Waals surface area (Å²) < 4.78 is 5.00. The average Bonchev–Trinajstić information content (AvgIpc) is 2.87. The van der Waals surface area contributed by atoms with Crippen LogP contribution in [0.25, 0.3) is 0 Å². The zero-order valence-corrected chi connectivity index (χ0v) is 11.8. The van der Waals surface area contributed by atoms with E-state index in [0.717, 1.165) is 12.0 Å². The number of likely N-dealkylation sites (tertiary alicyclic amines) is 1. The van der Waals surface area contributed by atoms with Crippen LogP contribution in [0, 0.1) is 6.92 Å². The molecule has 1 aliphatic rings. The molecule has 5 nitrogen and oxygen atoms in total. The number of carbonyl (C=O) groups excluding carboxylic acids is 2. The van der Waals surface area contributed by atoms with E-state index in [2.05, 4.69) is 0 Å². The zero-order valence-electron chi connectivity index (χ0n) is 11.8. The summed E-state index contributed by atoms with van der Waals surface area (Å²) in [7, 11) is 0. The molecular weight excluding hydrogens is 258 g/mol. The number of nitrogens with zero attached hydrogens (tertiary/aromatic N) is 1. The van der Waals surface area contributed by atoms with Crippen molar-refractivity contribution < 1.29 is 19.4 Å². The summed E-state index contributed by atoms with van der Waals surface area (Å²) in [4.78, 5) is 25.8. The summed E-state index contributed by atoms with van der Waals surface area (Å²) in [5.41, 5.74) is 1.11. The van der Waals surface area contributed by atoms with Crippen molar-refractivity contribution in [2.75, 3.05) is 13.2 Å². The number of rotatable bonds is 3. The van der Waals surface area contributed by atoms with E-state index in [9.17, 15) is 14.7 Å². The molecule has 0 spiro atoms. The van der Waals surface area contributed by atoms with E-state index in [1.807, 2.05) is 6.92 Å². The first-order valence-corrected chi connectivity index (χ1v) is 6.81. The van der Waals surface area contributed by atoms with Crippen LogP contribution in [0.5, 0.6) is 5.75 Å². The molecule has 1 aromatic carbocycles. The molecule has 1 saturated heterocycles. The van der Waals surface area contributed by atoms with Crippen LogP contribution in [0.4, 0.5) is 0 Å². The molecule has 108 valence electrons. The number of phenols is 1. The maximum absolute atomic E-state index is 12.5. The molecule has 0 aliphatic carbocycles. The first-order valence-electron chi connectivity index (χ1n) is 6.81. The fourth-order valence-electron chi connectivity index (χ4n) is 2.47. The molecule has 1 atom stereocenters. The normalized spacial score (nSPS) is 18.1. The number of aryl methyl sites for hydroxylation is 1. The first kappa shape index (κ1) is 14.4. The predicted molar refractivity (Wildman–Crippen MR) is 73.5 cm³/mol. The summed E-state index contributed by atoms with van der Waals surface area (Å²) in [6, 6.07) is 4.36. The quantitative estimate of drug-likeness (QED) is 0.856. The monoisotopic (exact) mass is 277 g/mol. The number of hydrogen-bond acceptors (Lipinski definition) is 4. The van der Waals surface area contributed by atoms with Crippen LogP contribution >= 0.6 is 0 Å². The Morgan fingerprint density at radius 1 is 1.45 bits per heavy atom. The van der Waals surface area contributed by atoms with E-state index in [-0.39, 0.29) is 23.2 Å². The fourth-order valence-corrected chi connectivity index (χ4v) is 2.47. The van der Waals surface area contributed by atoms with Gasteiger partial charge in [0.2, 0.25) is 0 Å². The third-order valence-corrected chi connectivity index (χ3v) is 3.46. The van der Waals surface area contributed by atoms with Gasteiger partial charge in [0.15, 0.2) is 0 Å². The molecule has 0 saturated carbocycles. The van der Waals surface area contributed by atoms with Gasteiger partial charge in [0, 0.05) is 6.54 Å². The standard InChI is InChI=1S/C15H19NO4/c1-3-20-15(19)12-5-4-8-16(12)14(18)11-7-6-10(2)9-13(11)17/h6-7,9,12,17H,3-5,8H2,1-2H3. The van der Waals surface area contributed by atoms with Crippen LogP contribution in [0.3, 0.4) is 0 Å². The lowest BCUT2D eigenvalue weighted by atomic mass is 10.1. The van der Waals surface area contributed by atoms with Gasteiger partial charge in [0.1, 0.15) is 11.8 Å². The van der Waals surface area contributed by atoms with E-state index in [1.165, 1.54) is 4.90 Å². The Kier molecular flexibility index (Phi) is 4.27. The van der Waals surface area contributed by atoms with Crippen molar-refractivity contribution in [2.24, 2.45) is 0 Å². The number of phenolic OH excluding ortho intramolecular Hbond substituents is 1. The largest absolute Gasteiger partial charge is 0.507 e. The smallest absolute Gasteiger partial charge is 0.328 e. The highest BCUT2D eigenvalue weighted by atomic mass is 16.5. The molecule has 20 heavy (non-hydrogen) atoms. The Morgan fingerprint density at radius 3 is 2.85 bits per heavy atom. The maximum atomic E-state index is 12.5. The number of ether oxygens (including phenoxy) is 1. The summed E-state index contributed by atoms with van der Waals surface area (Å²) in [6.45, 7) is 4.39. The van der Waals surface area contributed by atoms with Gasteiger partial charge in [-0.05, 0) is 44.4 Å². The molecule has 1 unspecified atom stereocenters. The van der Waals surface area contributed by atoms with Crippen LogP contribution in [0.2, 0.25) is 0 Å². The molecule has 1 N–H and O–H groups in total. The van der Waals surface area contributed by atoms with Crippen molar-refractivity contribution >= 4 is 11.9 Å². The van der Waals surface area contributed by atoms with Crippen LogP contribution in [-0.4, -0.2) is 41.1 Å². The van der Waals surface area contributed by atoms with Crippen LogP contribution in [0.15, 0.2) is 18.2 Å². The van der Waals surface area contributed by atoms with Gasteiger partial charge in [-0.25, -0.2) is 4.79 Å². The Labute approximate surface area is 118 Å². The van der Waals surface area contributed by atoms with E-state index in [1.54, 1.807) is 25.1 Å². The molecular formula is C15H19NO4. The van der Waals surface area contributed by atoms with Crippen LogP contribution in [0.1, 0.15) is 35.7 Å². The molecule has 5 heteroatoms. The van der Waals surface area contributed by atoms with Crippen molar-refractivity contribution in [2.45, 2.75) is 32.7 Å². The molecule has 1 heterocycles. The van der Waals surface area contributed by atoms with Gasteiger partial charge in [-0.3, -0.25) is 4.79 Å². The summed E-state index contributed by atoms with van der Waals surface area (Å²) >= 11 is 0. The Hall–Kier alpha value is -2.04. The average molecular weight is 277 g/mol. The van der Waals surface area contributed by atoms with Crippen molar-refractivity contribution in [3.63, 3.8) is 0 Å². The van der Waals surface area contributed by atoms with Crippen LogP contribution < -0.4 is 0 Å². The van der Waals surface area contributed by atoms with Gasteiger partial charge >= 0.3 is 5.97 Å². The Morgan fingerprint density at radius 2 is 2.20 bits per heavy atom. The number of hydrogen-bond donors (Lipinski definition) is 1. The molecule has 0 bridgehead atoms. The first-order chi connectivity index (χ1) is 9.54.